The number of halogens is 1. The first-order chi connectivity index (χ1) is 8.16. The van der Waals surface area contributed by atoms with Gasteiger partial charge in [-0.2, -0.15) is 4.98 Å². The topological polar surface area (TPSA) is 41.1 Å². The van der Waals surface area contributed by atoms with E-state index < -0.39 is 0 Å². The highest BCUT2D eigenvalue weighted by molar-refractivity contribution is 6.32. The number of hydrogen-bond donors (Lipinski definition) is 1. The molecule has 1 fully saturated rings. The fraction of sp³-hybridized carbons (Fsp3) is 0.667. The van der Waals surface area contributed by atoms with Gasteiger partial charge >= 0.3 is 0 Å². The van der Waals surface area contributed by atoms with E-state index in [1.807, 2.05) is 19.0 Å². The third-order valence-corrected chi connectivity index (χ3v) is 3.35. The van der Waals surface area contributed by atoms with Crippen LogP contribution in [0.3, 0.4) is 0 Å². The van der Waals surface area contributed by atoms with Crippen molar-refractivity contribution in [1.29, 1.82) is 0 Å². The standard InChI is InChI=1S/C12H19ClN4/c1-17(2)11-10(13)8-14-12(16-11)15-9-6-4-3-5-7-9/h8-9H,3-7H2,1-2H3,(H,14,15,16). The molecule has 0 aliphatic heterocycles. The third-order valence-electron chi connectivity index (χ3n) is 3.09. The van der Waals surface area contributed by atoms with Crippen molar-refractivity contribution in [3.63, 3.8) is 0 Å². The van der Waals surface area contributed by atoms with Crippen molar-refractivity contribution in [2.75, 3.05) is 24.3 Å². The zero-order valence-corrected chi connectivity index (χ0v) is 11.2. The summed E-state index contributed by atoms with van der Waals surface area (Å²) in [5.74, 6) is 1.45. The SMILES string of the molecule is CN(C)c1nc(NC2CCCCC2)ncc1Cl. The van der Waals surface area contributed by atoms with Crippen LogP contribution in [0.2, 0.25) is 5.02 Å². The Kier molecular flexibility index (Phi) is 4.05. The molecule has 4 nitrogen and oxygen atoms in total. The monoisotopic (exact) mass is 254 g/mol. The average Bonchev–Trinajstić information content (AvgIpc) is 2.32. The molecule has 0 unspecified atom stereocenters. The van der Waals surface area contributed by atoms with Gasteiger partial charge in [0.25, 0.3) is 0 Å². The lowest BCUT2D eigenvalue weighted by molar-refractivity contribution is 0.461. The largest absolute Gasteiger partial charge is 0.361 e. The molecule has 5 heteroatoms. The van der Waals surface area contributed by atoms with E-state index in [4.69, 9.17) is 11.6 Å². The summed E-state index contributed by atoms with van der Waals surface area (Å²) in [5.41, 5.74) is 0. The van der Waals surface area contributed by atoms with E-state index >= 15 is 0 Å². The first-order valence-corrected chi connectivity index (χ1v) is 6.51. The van der Waals surface area contributed by atoms with Gasteiger partial charge in [0.2, 0.25) is 5.95 Å². The van der Waals surface area contributed by atoms with E-state index in [9.17, 15) is 0 Å². The second-order valence-corrected chi connectivity index (χ2v) is 5.15. The zero-order chi connectivity index (χ0) is 12.3. The Labute approximate surface area is 107 Å². The van der Waals surface area contributed by atoms with Gasteiger partial charge in [0.15, 0.2) is 5.82 Å². The van der Waals surface area contributed by atoms with Crippen molar-refractivity contribution in [3.05, 3.63) is 11.2 Å². The molecule has 94 valence electrons. The fourth-order valence-corrected chi connectivity index (χ4v) is 2.43. The molecule has 0 radical (unpaired) electrons. The van der Waals surface area contributed by atoms with Gasteiger partial charge in [0, 0.05) is 20.1 Å². The van der Waals surface area contributed by atoms with Gasteiger partial charge in [-0.15, -0.1) is 0 Å². The molecule has 1 aromatic rings. The summed E-state index contributed by atoms with van der Waals surface area (Å²) in [6, 6.07) is 0.514. The van der Waals surface area contributed by atoms with E-state index in [1.165, 1.54) is 32.1 Å². The molecule has 1 aliphatic rings. The van der Waals surface area contributed by atoms with Crippen LogP contribution in [0.5, 0.6) is 0 Å². The van der Waals surface area contributed by atoms with Gasteiger partial charge in [-0.3, -0.25) is 0 Å². The van der Waals surface area contributed by atoms with Crippen molar-refractivity contribution in [2.24, 2.45) is 0 Å². The highest BCUT2D eigenvalue weighted by Gasteiger charge is 2.15. The quantitative estimate of drug-likeness (QED) is 0.901. The van der Waals surface area contributed by atoms with Crippen LogP contribution in [-0.2, 0) is 0 Å². The van der Waals surface area contributed by atoms with Gasteiger partial charge in [0.1, 0.15) is 5.02 Å². The van der Waals surface area contributed by atoms with Crippen molar-refractivity contribution < 1.29 is 0 Å². The lowest BCUT2D eigenvalue weighted by Crippen LogP contribution is -2.24. The molecule has 0 spiro atoms. The van der Waals surface area contributed by atoms with Crippen molar-refractivity contribution in [3.8, 4) is 0 Å². The first-order valence-electron chi connectivity index (χ1n) is 6.13. The first kappa shape index (κ1) is 12.4. The van der Waals surface area contributed by atoms with Gasteiger partial charge in [0.05, 0.1) is 6.20 Å². The molecular weight excluding hydrogens is 236 g/mol. The highest BCUT2D eigenvalue weighted by atomic mass is 35.5. The van der Waals surface area contributed by atoms with Crippen LogP contribution in [0.1, 0.15) is 32.1 Å². The maximum absolute atomic E-state index is 6.04. The number of anilines is 2. The van der Waals surface area contributed by atoms with E-state index in [0.29, 0.717) is 17.0 Å². The average molecular weight is 255 g/mol. The van der Waals surface area contributed by atoms with E-state index in [1.54, 1.807) is 6.20 Å². The van der Waals surface area contributed by atoms with Crippen LogP contribution in [0.4, 0.5) is 11.8 Å². The number of nitrogens with zero attached hydrogens (tertiary/aromatic N) is 3. The van der Waals surface area contributed by atoms with Crippen molar-refractivity contribution >= 4 is 23.4 Å². The van der Waals surface area contributed by atoms with Gasteiger partial charge in [-0.1, -0.05) is 30.9 Å². The molecule has 1 saturated carbocycles. The summed E-state index contributed by atoms with van der Waals surface area (Å²) < 4.78 is 0. The lowest BCUT2D eigenvalue weighted by Gasteiger charge is -2.23. The summed E-state index contributed by atoms with van der Waals surface area (Å²) >= 11 is 6.04. The molecular formula is C12H19ClN4. The summed E-state index contributed by atoms with van der Waals surface area (Å²) in [7, 11) is 3.86. The lowest BCUT2D eigenvalue weighted by atomic mass is 9.96. The normalized spacial score (nSPS) is 16.9. The molecule has 1 aliphatic carbocycles. The Hall–Kier alpha value is -1.03. The number of aromatic nitrogens is 2. The van der Waals surface area contributed by atoms with Crippen molar-refractivity contribution in [2.45, 2.75) is 38.1 Å². The summed E-state index contributed by atoms with van der Waals surface area (Å²) in [6.07, 6.45) is 8.03. The Bertz CT molecular complexity index is 375. The minimum atomic E-state index is 0.514. The Morgan fingerprint density at radius 2 is 2.00 bits per heavy atom. The molecule has 0 aromatic carbocycles. The van der Waals surface area contributed by atoms with Gasteiger partial charge < -0.3 is 10.2 Å². The minimum Gasteiger partial charge on any atom is -0.361 e. The number of rotatable bonds is 3. The van der Waals surface area contributed by atoms with Crippen LogP contribution in [0.25, 0.3) is 0 Å². The van der Waals surface area contributed by atoms with E-state index in [2.05, 4.69) is 15.3 Å². The third kappa shape index (κ3) is 3.22. The van der Waals surface area contributed by atoms with Crippen LogP contribution >= 0.6 is 11.6 Å². The summed E-state index contributed by atoms with van der Waals surface area (Å²) in [4.78, 5) is 10.6. The number of hydrogen-bond acceptors (Lipinski definition) is 4. The fourth-order valence-electron chi connectivity index (χ4n) is 2.17. The van der Waals surface area contributed by atoms with Crippen LogP contribution < -0.4 is 10.2 Å². The van der Waals surface area contributed by atoms with Crippen molar-refractivity contribution in [1.82, 2.24) is 9.97 Å². The van der Waals surface area contributed by atoms with Gasteiger partial charge in [-0.25, -0.2) is 4.98 Å². The van der Waals surface area contributed by atoms with E-state index in [0.717, 1.165) is 5.82 Å². The molecule has 2 rings (SSSR count). The van der Waals surface area contributed by atoms with Gasteiger partial charge in [-0.05, 0) is 12.8 Å². The maximum atomic E-state index is 6.04. The van der Waals surface area contributed by atoms with E-state index in [-0.39, 0.29) is 0 Å². The molecule has 0 atom stereocenters. The Morgan fingerprint density at radius 3 is 2.65 bits per heavy atom. The zero-order valence-electron chi connectivity index (χ0n) is 10.4. The molecule has 0 bridgehead atoms. The predicted molar refractivity (Wildman–Crippen MR) is 71.9 cm³/mol. The van der Waals surface area contributed by atoms with Crippen LogP contribution in [-0.4, -0.2) is 30.1 Å². The maximum Gasteiger partial charge on any atom is 0.224 e. The molecule has 0 saturated heterocycles. The predicted octanol–water partition coefficient (Wildman–Crippen LogP) is 2.94. The second-order valence-electron chi connectivity index (χ2n) is 4.74. The summed E-state index contributed by atoms with van der Waals surface area (Å²) in [5, 5.41) is 3.98. The molecule has 1 N–H and O–H groups in total. The molecule has 0 amide bonds. The summed E-state index contributed by atoms with van der Waals surface area (Å²) in [6.45, 7) is 0. The minimum absolute atomic E-state index is 0.514. The Morgan fingerprint density at radius 1 is 1.29 bits per heavy atom. The van der Waals surface area contributed by atoms with Crippen LogP contribution in [0.15, 0.2) is 6.20 Å². The van der Waals surface area contributed by atoms with Crippen LogP contribution in [0, 0.1) is 0 Å². The molecule has 17 heavy (non-hydrogen) atoms. The number of nitrogens with one attached hydrogen (secondary N) is 1. The molecule has 1 heterocycles. The smallest absolute Gasteiger partial charge is 0.224 e. The second kappa shape index (κ2) is 5.54. The highest BCUT2D eigenvalue weighted by Crippen LogP contribution is 2.24. The molecule has 1 aromatic heterocycles. The Balaban J connectivity index is 2.07.